The maximum atomic E-state index is 7.25. The average Bonchev–Trinajstić information content (AvgIpc) is 3.40. The highest BCUT2D eigenvalue weighted by Gasteiger charge is 2.44. The van der Waals surface area contributed by atoms with E-state index in [0.717, 1.165) is 37.3 Å². The van der Waals surface area contributed by atoms with E-state index < -0.39 is 0 Å². The Bertz CT molecular complexity index is 2030. The van der Waals surface area contributed by atoms with Crippen LogP contribution in [0.25, 0.3) is 21.5 Å². The lowest BCUT2D eigenvalue weighted by molar-refractivity contribution is -0.401. The van der Waals surface area contributed by atoms with Gasteiger partial charge in [0.2, 0.25) is 5.69 Å². The van der Waals surface area contributed by atoms with E-state index in [1.807, 2.05) is 0 Å². The molecule has 0 atom stereocenters. The topological polar surface area (TPSA) is 6.25 Å². The Labute approximate surface area is 280 Å². The van der Waals surface area contributed by atoms with Crippen LogP contribution in [0.3, 0.4) is 0 Å². The molecule has 0 aromatic heterocycles. The largest absolute Gasteiger partial charge is 0.344 e. The standard InChI is InChI=1S/C43H46ClN2/c1-7-8-28-46-36-25-21-30-15-10-12-19-34(30)40(36)43(4,5)38(46)27-23-32-17-13-16-31(41(32)44)22-26-37-42(2,3)39-33-18-11-9-14-29(33)20-24-35(39)45(37)6/h9-12,14-15,18-27H,7-8,13,16-17,28H2,1-6H3/q+1. The Balaban J connectivity index is 1.24. The first-order chi connectivity index (χ1) is 22.1. The molecule has 46 heavy (non-hydrogen) atoms. The predicted molar refractivity (Wildman–Crippen MR) is 199 cm³/mol. The minimum atomic E-state index is -0.110. The maximum absolute atomic E-state index is 7.25. The maximum Gasteiger partial charge on any atom is 0.210 e. The molecule has 0 saturated heterocycles. The monoisotopic (exact) mass is 625 g/mol. The zero-order chi connectivity index (χ0) is 32.2. The summed E-state index contributed by atoms with van der Waals surface area (Å²) in [7, 11) is 2.20. The van der Waals surface area contributed by atoms with E-state index >= 15 is 0 Å². The van der Waals surface area contributed by atoms with Crippen LogP contribution in [0.2, 0.25) is 0 Å². The second kappa shape index (κ2) is 11.7. The second-order valence-electron chi connectivity index (χ2n) is 14.3. The molecule has 4 aromatic carbocycles. The molecule has 4 aromatic rings. The second-order valence-corrected chi connectivity index (χ2v) is 14.7. The number of benzene rings is 4. The fraction of sp³-hybridized carbons (Fsp3) is 0.326. The first-order valence-electron chi connectivity index (χ1n) is 17.1. The van der Waals surface area contributed by atoms with Crippen LogP contribution in [0.1, 0.15) is 77.8 Å². The van der Waals surface area contributed by atoms with Crippen LogP contribution in [-0.2, 0) is 10.8 Å². The molecule has 0 spiro atoms. The molecule has 0 unspecified atom stereocenters. The van der Waals surface area contributed by atoms with Crippen molar-refractivity contribution in [2.45, 2.75) is 77.6 Å². The van der Waals surface area contributed by atoms with Crippen molar-refractivity contribution in [1.82, 2.24) is 0 Å². The van der Waals surface area contributed by atoms with Crippen LogP contribution in [0.15, 0.2) is 119 Å². The summed E-state index contributed by atoms with van der Waals surface area (Å²) in [5.74, 6) is 0. The number of halogens is 1. The fourth-order valence-electron chi connectivity index (χ4n) is 8.35. The summed E-state index contributed by atoms with van der Waals surface area (Å²) in [5, 5.41) is 6.22. The zero-order valence-corrected chi connectivity index (χ0v) is 29.0. The van der Waals surface area contributed by atoms with E-state index in [1.54, 1.807) is 0 Å². The quantitative estimate of drug-likeness (QED) is 0.193. The number of rotatable bonds is 6. The number of anilines is 1. The first kappa shape index (κ1) is 30.8. The van der Waals surface area contributed by atoms with Crippen LogP contribution in [0.5, 0.6) is 0 Å². The number of fused-ring (bicyclic) bond motifs is 6. The zero-order valence-electron chi connectivity index (χ0n) is 28.3. The molecule has 2 heterocycles. The van der Waals surface area contributed by atoms with Crippen LogP contribution in [-0.4, -0.2) is 23.9 Å². The van der Waals surface area contributed by atoms with Crippen molar-refractivity contribution in [3.63, 3.8) is 0 Å². The number of unbranched alkanes of at least 4 members (excludes halogenated alkanes) is 1. The lowest BCUT2D eigenvalue weighted by Crippen LogP contribution is -2.27. The third kappa shape index (κ3) is 4.88. The molecule has 0 bridgehead atoms. The molecule has 1 aliphatic carbocycles. The molecule has 2 nitrogen and oxygen atoms in total. The summed E-state index contributed by atoms with van der Waals surface area (Å²) >= 11 is 7.25. The molecule has 2 aliphatic heterocycles. The van der Waals surface area contributed by atoms with Crippen molar-refractivity contribution in [2.24, 2.45) is 0 Å². The van der Waals surface area contributed by atoms with E-state index in [9.17, 15) is 0 Å². The van der Waals surface area contributed by atoms with Gasteiger partial charge in [-0.3, -0.25) is 0 Å². The molecule has 0 saturated carbocycles. The van der Waals surface area contributed by atoms with Crippen LogP contribution in [0.4, 0.5) is 11.4 Å². The van der Waals surface area contributed by atoms with Gasteiger partial charge in [0.25, 0.3) is 0 Å². The van der Waals surface area contributed by atoms with E-state index in [4.69, 9.17) is 11.6 Å². The number of hydrogen-bond donors (Lipinski definition) is 0. The van der Waals surface area contributed by atoms with Gasteiger partial charge in [0.05, 0.1) is 5.41 Å². The van der Waals surface area contributed by atoms with Gasteiger partial charge in [-0.2, -0.15) is 4.58 Å². The Morgan fingerprint density at radius 2 is 1.46 bits per heavy atom. The van der Waals surface area contributed by atoms with E-state index in [1.165, 1.54) is 73.0 Å². The molecule has 0 N–H and O–H groups in total. The molecule has 234 valence electrons. The van der Waals surface area contributed by atoms with Crippen molar-refractivity contribution in [3.05, 3.63) is 130 Å². The summed E-state index contributed by atoms with van der Waals surface area (Å²) in [6.07, 6.45) is 14.8. The Kier molecular flexibility index (Phi) is 7.84. The average molecular weight is 626 g/mol. The van der Waals surface area contributed by atoms with Crippen LogP contribution in [0, 0.1) is 0 Å². The van der Waals surface area contributed by atoms with E-state index in [0.29, 0.717) is 0 Å². The molecule has 3 heteroatoms. The minimum absolute atomic E-state index is 0.108. The predicted octanol–water partition coefficient (Wildman–Crippen LogP) is 11.6. The number of allylic oxidation sites excluding steroid dienone is 8. The fourth-order valence-corrected chi connectivity index (χ4v) is 8.67. The summed E-state index contributed by atoms with van der Waals surface area (Å²) in [4.78, 5) is 2.57. The highest BCUT2D eigenvalue weighted by molar-refractivity contribution is 6.32. The van der Waals surface area contributed by atoms with Crippen molar-refractivity contribution in [2.75, 3.05) is 18.5 Å². The van der Waals surface area contributed by atoms with Crippen molar-refractivity contribution >= 4 is 50.2 Å². The molecule has 7 rings (SSSR count). The summed E-state index contributed by atoms with van der Waals surface area (Å²) in [6.45, 7) is 12.8. The minimum Gasteiger partial charge on any atom is -0.344 e. The van der Waals surface area contributed by atoms with Gasteiger partial charge in [-0.05, 0) is 96.0 Å². The van der Waals surface area contributed by atoms with Gasteiger partial charge >= 0.3 is 0 Å². The SMILES string of the molecule is CCCCN1/C(=C/C=C2\CCCC(/C=C/C3=[N+](C)c4ccc5ccccc5c4C3(C)C)=C2Cl)C(C)(C)c2c1ccc1ccccc21. The highest BCUT2D eigenvalue weighted by Crippen LogP contribution is 2.51. The van der Waals surface area contributed by atoms with Gasteiger partial charge in [0.15, 0.2) is 5.71 Å². The lowest BCUT2D eigenvalue weighted by atomic mass is 9.79. The Morgan fingerprint density at radius 3 is 2.17 bits per heavy atom. The van der Waals surface area contributed by atoms with Crippen molar-refractivity contribution in [3.8, 4) is 0 Å². The third-order valence-electron chi connectivity index (χ3n) is 10.7. The van der Waals surface area contributed by atoms with Gasteiger partial charge in [-0.25, -0.2) is 0 Å². The molecular formula is C43H46ClN2+. The molecule has 3 aliphatic rings. The third-order valence-corrected chi connectivity index (χ3v) is 11.2. The molecule has 0 fully saturated rings. The van der Waals surface area contributed by atoms with Crippen molar-refractivity contribution in [1.29, 1.82) is 0 Å². The summed E-state index contributed by atoms with van der Waals surface area (Å²) in [6, 6.07) is 26.7. The normalized spacial score (nSPS) is 20.6. The highest BCUT2D eigenvalue weighted by atomic mass is 35.5. The first-order valence-corrected chi connectivity index (χ1v) is 17.4. The summed E-state index contributed by atoms with van der Waals surface area (Å²) in [5.41, 5.74) is 10.4. The lowest BCUT2D eigenvalue weighted by Gasteiger charge is -2.27. The van der Waals surface area contributed by atoms with E-state index in [2.05, 4.69) is 148 Å². The number of nitrogens with zero attached hydrogens (tertiary/aromatic N) is 2. The Morgan fingerprint density at radius 1 is 0.783 bits per heavy atom. The molecular weight excluding hydrogens is 580 g/mol. The van der Waals surface area contributed by atoms with Gasteiger partial charge in [-0.1, -0.05) is 106 Å². The van der Waals surface area contributed by atoms with Gasteiger partial charge in [0, 0.05) is 46.1 Å². The van der Waals surface area contributed by atoms with Gasteiger partial charge < -0.3 is 4.90 Å². The van der Waals surface area contributed by atoms with Crippen molar-refractivity contribution < 1.29 is 4.58 Å². The Hall–Kier alpha value is -3.88. The van der Waals surface area contributed by atoms with Crippen LogP contribution >= 0.6 is 11.6 Å². The molecule has 0 radical (unpaired) electrons. The summed E-state index contributed by atoms with van der Waals surface area (Å²) < 4.78 is 2.37. The smallest absolute Gasteiger partial charge is 0.210 e. The van der Waals surface area contributed by atoms with Gasteiger partial charge in [-0.15, -0.1) is 0 Å². The van der Waals surface area contributed by atoms with E-state index in [-0.39, 0.29) is 10.8 Å². The number of hydrogen-bond acceptors (Lipinski definition) is 1. The molecule has 0 amide bonds. The van der Waals surface area contributed by atoms with Crippen LogP contribution < -0.4 is 4.90 Å². The van der Waals surface area contributed by atoms with Gasteiger partial charge in [0.1, 0.15) is 7.05 Å².